The molecule has 0 unspecified atom stereocenters. The smallest absolute Gasteiger partial charge is 0.0701 e. The third kappa shape index (κ3) is 6.00. The minimum atomic E-state index is 0.642. The topological polar surface area (TPSA) is 30.9 Å². The van der Waals surface area contributed by atoms with Gasteiger partial charge in [0.15, 0.2) is 0 Å². The fourth-order valence-corrected chi connectivity index (χ4v) is 1.63. The van der Waals surface area contributed by atoms with Gasteiger partial charge in [0.1, 0.15) is 0 Å². The Morgan fingerprint density at radius 3 is 2.17 bits per heavy atom. The van der Waals surface area contributed by atoms with Gasteiger partial charge in [-0.1, -0.05) is 18.2 Å². The predicted octanol–water partition coefficient (Wildman–Crippen LogP) is 1.80. The lowest BCUT2D eigenvalue weighted by atomic mass is 10.3. The maximum Gasteiger partial charge on any atom is 0.0701 e. The molecule has 0 atom stereocenters. The van der Waals surface area contributed by atoms with Crippen LogP contribution in [0.3, 0.4) is 0 Å². The lowest BCUT2D eigenvalue weighted by molar-refractivity contribution is 0.0736. The number of benzene rings is 1. The molecule has 1 aromatic rings. The molecule has 0 aliphatic carbocycles. The zero-order valence-corrected chi connectivity index (χ0v) is 11.3. The van der Waals surface area contributed by atoms with Crippen LogP contribution in [0.15, 0.2) is 30.3 Å². The molecule has 0 saturated heterocycles. The summed E-state index contributed by atoms with van der Waals surface area (Å²) in [5.74, 6) is 0. The SMILES string of the molecule is COCCOCCN(CCOC)c1ccccc1. The molecule has 0 bridgehead atoms. The monoisotopic (exact) mass is 253 g/mol. The second-order valence-corrected chi connectivity index (χ2v) is 3.92. The second kappa shape index (κ2) is 9.88. The van der Waals surface area contributed by atoms with E-state index in [1.807, 2.05) is 18.2 Å². The molecule has 0 radical (unpaired) electrons. The van der Waals surface area contributed by atoms with Crippen LogP contribution in [-0.4, -0.2) is 53.7 Å². The predicted molar refractivity (Wildman–Crippen MR) is 73.2 cm³/mol. The van der Waals surface area contributed by atoms with Gasteiger partial charge in [-0.25, -0.2) is 0 Å². The van der Waals surface area contributed by atoms with Crippen LogP contribution < -0.4 is 4.90 Å². The number of para-hydroxylation sites is 1. The second-order valence-electron chi connectivity index (χ2n) is 3.92. The van der Waals surface area contributed by atoms with E-state index in [1.165, 1.54) is 5.69 Å². The Morgan fingerprint density at radius 2 is 1.50 bits per heavy atom. The quantitative estimate of drug-likeness (QED) is 0.595. The van der Waals surface area contributed by atoms with Crippen molar-refractivity contribution in [2.75, 3.05) is 58.6 Å². The van der Waals surface area contributed by atoms with Gasteiger partial charge in [-0.05, 0) is 12.1 Å². The molecule has 4 heteroatoms. The number of hydrogen-bond acceptors (Lipinski definition) is 4. The molecule has 0 fully saturated rings. The summed E-state index contributed by atoms with van der Waals surface area (Å²) in [6.45, 7) is 4.42. The van der Waals surface area contributed by atoms with E-state index in [1.54, 1.807) is 14.2 Å². The molecule has 0 aliphatic heterocycles. The van der Waals surface area contributed by atoms with E-state index in [0.717, 1.165) is 13.1 Å². The normalized spacial score (nSPS) is 10.6. The highest BCUT2D eigenvalue weighted by molar-refractivity contribution is 5.45. The molecular weight excluding hydrogens is 230 g/mol. The zero-order valence-electron chi connectivity index (χ0n) is 11.3. The summed E-state index contributed by atoms with van der Waals surface area (Å²) in [6, 6.07) is 10.3. The molecule has 0 spiro atoms. The Labute approximate surface area is 109 Å². The molecule has 0 N–H and O–H groups in total. The number of nitrogens with zero attached hydrogens (tertiary/aromatic N) is 1. The van der Waals surface area contributed by atoms with Gasteiger partial charge in [0.05, 0.1) is 26.4 Å². The fourth-order valence-electron chi connectivity index (χ4n) is 1.63. The van der Waals surface area contributed by atoms with Crippen LogP contribution in [0.2, 0.25) is 0 Å². The van der Waals surface area contributed by atoms with E-state index in [4.69, 9.17) is 14.2 Å². The van der Waals surface area contributed by atoms with Gasteiger partial charge in [-0.15, -0.1) is 0 Å². The molecular formula is C14H23NO3. The van der Waals surface area contributed by atoms with Crippen LogP contribution >= 0.6 is 0 Å². The van der Waals surface area contributed by atoms with Crippen molar-refractivity contribution in [3.63, 3.8) is 0 Å². The van der Waals surface area contributed by atoms with Crippen molar-refractivity contribution in [1.29, 1.82) is 0 Å². The summed E-state index contributed by atoms with van der Waals surface area (Å²) >= 11 is 0. The Bertz CT molecular complexity index is 292. The fraction of sp³-hybridized carbons (Fsp3) is 0.571. The minimum absolute atomic E-state index is 0.642. The first-order valence-corrected chi connectivity index (χ1v) is 6.24. The lowest BCUT2D eigenvalue weighted by Crippen LogP contribution is -2.31. The standard InChI is InChI=1S/C14H23NO3/c1-16-10-8-15(9-11-18-13-12-17-2)14-6-4-3-5-7-14/h3-7H,8-13H2,1-2H3. The third-order valence-corrected chi connectivity index (χ3v) is 2.62. The van der Waals surface area contributed by atoms with Gasteiger partial charge in [0.25, 0.3) is 0 Å². The summed E-state index contributed by atoms with van der Waals surface area (Å²) < 4.78 is 15.6. The molecule has 0 amide bonds. The van der Waals surface area contributed by atoms with E-state index >= 15 is 0 Å². The van der Waals surface area contributed by atoms with Gasteiger partial charge in [-0.3, -0.25) is 0 Å². The van der Waals surface area contributed by atoms with E-state index in [-0.39, 0.29) is 0 Å². The van der Waals surface area contributed by atoms with Crippen LogP contribution in [0.4, 0.5) is 5.69 Å². The molecule has 0 aromatic heterocycles. The average molecular weight is 253 g/mol. The first kappa shape index (κ1) is 15.0. The Hall–Kier alpha value is -1.10. The first-order valence-electron chi connectivity index (χ1n) is 6.24. The van der Waals surface area contributed by atoms with Crippen molar-refractivity contribution in [3.05, 3.63) is 30.3 Å². The first-order chi connectivity index (χ1) is 8.88. The molecule has 18 heavy (non-hydrogen) atoms. The molecule has 1 rings (SSSR count). The molecule has 0 heterocycles. The van der Waals surface area contributed by atoms with Gasteiger partial charge >= 0.3 is 0 Å². The van der Waals surface area contributed by atoms with Crippen molar-refractivity contribution in [2.24, 2.45) is 0 Å². The number of ether oxygens (including phenoxy) is 3. The van der Waals surface area contributed by atoms with Gasteiger partial charge in [0.2, 0.25) is 0 Å². The van der Waals surface area contributed by atoms with E-state index < -0.39 is 0 Å². The van der Waals surface area contributed by atoms with Crippen LogP contribution in [0, 0.1) is 0 Å². The van der Waals surface area contributed by atoms with E-state index in [2.05, 4.69) is 17.0 Å². The Morgan fingerprint density at radius 1 is 0.833 bits per heavy atom. The molecule has 102 valence electrons. The van der Waals surface area contributed by atoms with E-state index in [9.17, 15) is 0 Å². The maximum atomic E-state index is 5.50. The summed E-state index contributed by atoms with van der Waals surface area (Å²) in [4.78, 5) is 2.26. The largest absolute Gasteiger partial charge is 0.383 e. The molecule has 0 aliphatic rings. The molecule has 1 aromatic carbocycles. The van der Waals surface area contributed by atoms with Crippen LogP contribution in [0.1, 0.15) is 0 Å². The van der Waals surface area contributed by atoms with Crippen molar-refractivity contribution in [2.45, 2.75) is 0 Å². The van der Waals surface area contributed by atoms with Crippen molar-refractivity contribution >= 4 is 5.69 Å². The highest BCUT2D eigenvalue weighted by Crippen LogP contribution is 2.12. The van der Waals surface area contributed by atoms with Crippen LogP contribution in [0.25, 0.3) is 0 Å². The number of methoxy groups -OCH3 is 2. The van der Waals surface area contributed by atoms with Crippen LogP contribution in [-0.2, 0) is 14.2 Å². The van der Waals surface area contributed by atoms with Gasteiger partial charge < -0.3 is 19.1 Å². The minimum Gasteiger partial charge on any atom is -0.383 e. The summed E-state index contributed by atoms with van der Waals surface area (Å²) in [6.07, 6.45) is 0. The van der Waals surface area contributed by atoms with Crippen LogP contribution in [0.5, 0.6) is 0 Å². The molecule has 4 nitrogen and oxygen atoms in total. The highest BCUT2D eigenvalue weighted by Gasteiger charge is 2.05. The average Bonchev–Trinajstić information content (AvgIpc) is 2.43. The highest BCUT2D eigenvalue weighted by atomic mass is 16.5. The number of hydrogen-bond donors (Lipinski definition) is 0. The maximum absolute atomic E-state index is 5.50. The van der Waals surface area contributed by atoms with E-state index in [0.29, 0.717) is 26.4 Å². The summed E-state index contributed by atoms with van der Waals surface area (Å²) in [5, 5.41) is 0. The summed E-state index contributed by atoms with van der Waals surface area (Å²) in [7, 11) is 3.40. The zero-order chi connectivity index (χ0) is 13.1. The number of anilines is 1. The molecule has 0 saturated carbocycles. The Kier molecular flexibility index (Phi) is 8.21. The van der Waals surface area contributed by atoms with Crippen molar-refractivity contribution in [1.82, 2.24) is 0 Å². The number of rotatable bonds is 10. The van der Waals surface area contributed by atoms with Gasteiger partial charge in [-0.2, -0.15) is 0 Å². The summed E-state index contributed by atoms with van der Waals surface area (Å²) in [5.41, 5.74) is 1.20. The van der Waals surface area contributed by atoms with Gasteiger partial charge in [0, 0.05) is 33.0 Å². The van der Waals surface area contributed by atoms with Crippen molar-refractivity contribution < 1.29 is 14.2 Å². The lowest BCUT2D eigenvalue weighted by Gasteiger charge is -2.24. The Balaban J connectivity index is 2.36. The van der Waals surface area contributed by atoms with Crippen molar-refractivity contribution in [3.8, 4) is 0 Å². The third-order valence-electron chi connectivity index (χ3n) is 2.62.